The van der Waals surface area contributed by atoms with Crippen LogP contribution in [0.2, 0.25) is 0 Å². The van der Waals surface area contributed by atoms with Gasteiger partial charge in [-0.1, -0.05) is 90.9 Å². The van der Waals surface area contributed by atoms with Gasteiger partial charge in [0, 0.05) is 0 Å². The molecule has 0 radical (unpaired) electrons. The minimum atomic E-state index is 0.0218. The van der Waals surface area contributed by atoms with Gasteiger partial charge in [-0.2, -0.15) is 0 Å². The Morgan fingerprint density at radius 1 is 0.432 bits per heavy atom. The van der Waals surface area contributed by atoms with Crippen LogP contribution in [0.1, 0.15) is 181 Å². The lowest BCUT2D eigenvalue weighted by Gasteiger charge is -2.41. The maximum absolute atomic E-state index is 11.0. The average Bonchev–Trinajstić information content (AvgIpc) is 3.03. The van der Waals surface area contributed by atoms with Crippen molar-refractivity contribution in [2.75, 3.05) is 0 Å². The topological polar surface area (TPSA) is 52.6 Å². The van der Waals surface area contributed by atoms with Crippen LogP contribution < -0.4 is 0 Å². The number of hydrogen-bond donors (Lipinski definition) is 0. The highest BCUT2D eigenvalue weighted by Gasteiger charge is 2.40. The van der Waals surface area contributed by atoms with Crippen LogP contribution in [-0.4, -0.2) is 24.1 Å². The Hall–Kier alpha value is -1.06. The zero-order chi connectivity index (χ0) is 30.7. The Bertz CT molecular complexity index is 751. The molecule has 6 fully saturated rings. The van der Waals surface area contributed by atoms with E-state index in [9.17, 15) is 9.59 Å². The van der Waals surface area contributed by atoms with Crippen LogP contribution in [0.4, 0.5) is 0 Å². The van der Waals surface area contributed by atoms with Gasteiger partial charge < -0.3 is 9.47 Å². The van der Waals surface area contributed by atoms with Gasteiger partial charge in [0.15, 0.2) is 0 Å². The standard InChI is InChI=1S/2C20H34O2/c2*1-2-3-4-5-15-6-8-16(9-7-15)17-10-12-18(13-11-17)19-14-20(21)22-19/h2*15-19H,2-14H2,1H3. The van der Waals surface area contributed by atoms with Crippen LogP contribution in [0.3, 0.4) is 0 Å². The third-order valence-corrected chi connectivity index (χ3v) is 13.5. The zero-order valence-corrected chi connectivity index (χ0v) is 28.8. The van der Waals surface area contributed by atoms with Gasteiger partial charge in [0.1, 0.15) is 12.2 Å². The van der Waals surface area contributed by atoms with E-state index in [2.05, 4.69) is 13.8 Å². The van der Waals surface area contributed by atoms with E-state index in [0.717, 1.165) is 35.5 Å². The molecule has 0 bridgehead atoms. The molecule has 0 N–H and O–H groups in total. The first-order valence-electron chi connectivity index (χ1n) is 19.9. The summed E-state index contributed by atoms with van der Waals surface area (Å²) in [6.45, 7) is 4.61. The predicted molar refractivity (Wildman–Crippen MR) is 179 cm³/mol. The van der Waals surface area contributed by atoms with E-state index in [1.54, 1.807) is 0 Å². The molecule has 4 saturated carbocycles. The summed E-state index contributed by atoms with van der Waals surface area (Å²) >= 11 is 0. The van der Waals surface area contributed by atoms with Crippen molar-refractivity contribution in [3.8, 4) is 0 Å². The predicted octanol–water partition coefficient (Wildman–Crippen LogP) is 11.0. The highest BCUT2D eigenvalue weighted by atomic mass is 16.6. The van der Waals surface area contributed by atoms with Crippen LogP contribution >= 0.6 is 0 Å². The number of ether oxygens (including phenoxy) is 2. The van der Waals surface area contributed by atoms with Crippen molar-refractivity contribution < 1.29 is 19.1 Å². The lowest BCUT2D eigenvalue weighted by Crippen LogP contribution is -2.41. The summed E-state index contributed by atoms with van der Waals surface area (Å²) in [6.07, 6.45) is 36.1. The normalized spacial score (nSPS) is 39.1. The summed E-state index contributed by atoms with van der Waals surface area (Å²) in [5.41, 5.74) is 0. The Kier molecular flexibility index (Phi) is 13.8. The lowest BCUT2D eigenvalue weighted by atomic mass is 9.67. The molecule has 2 atom stereocenters. The van der Waals surface area contributed by atoms with E-state index in [1.165, 1.54) is 154 Å². The number of hydrogen-bond acceptors (Lipinski definition) is 4. The van der Waals surface area contributed by atoms with Crippen molar-refractivity contribution in [3.05, 3.63) is 0 Å². The summed E-state index contributed by atoms with van der Waals surface area (Å²) in [7, 11) is 0. The molecule has 2 aliphatic heterocycles. The molecule has 6 aliphatic rings. The third kappa shape index (κ3) is 9.97. The van der Waals surface area contributed by atoms with Crippen LogP contribution in [-0.2, 0) is 19.1 Å². The maximum atomic E-state index is 11.0. The molecule has 2 unspecified atom stereocenters. The molecule has 2 heterocycles. The summed E-state index contributed by atoms with van der Waals surface area (Å²) in [5.74, 6) is 7.44. The second-order valence-electron chi connectivity index (χ2n) is 16.4. The number of unbranched alkanes of at least 4 members (excludes halogenated alkanes) is 4. The first-order valence-corrected chi connectivity index (χ1v) is 19.9. The Labute approximate surface area is 270 Å². The first-order chi connectivity index (χ1) is 21.5. The minimum Gasteiger partial charge on any atom is -0.461 e. The molecular weight excluding hydrogens is 544 g/mol. The van der Waals surface area contributed by atoms with E-state index in [1.807, 2.05) is 0 Å². The number of carbonyl (C=O) groups is 2. The highest BCUT2D eigenvalue weighted by Crippen LogP contribution is 2.46. The molecule has 4 nitrogen and oxygen atoms in total. The SMILES string of the molecule is CCCCCC1CCC(C2CCC(C3CC(=O)O3)CC2)CC1.CCCCCC1CCC(C2CCC(C3CC(=O)O3)CC2)CC1. The largest absolute Gasteiger partial charge is 0.461 e. The van der Waals surface area contributed by atoms with E-state index in [0.29, 0.717) is 24.7 Å². The molecular formula is C40H68O4. The lowest BCUT2D eigenvalue weighted by molar-refractivity contribution is -0.177. The molecule has 0 aromatic rings. The van der Waals surface area contributed by atoms with Crippen molar-refractivity contribution in [3.63, 3.8) is 0 Å². The van der Waals surface area contributed by atoms with Gasteiger partial charge in [-0.05, 0) is 124 Å². The first kappa shape index (κ1) is 34.3. The fraction of sp³-hybridized carbons (Fsp3) is 0.950. The Balaban J connectivity index is 0.000000175. The van der Waals surface area contributed by atoms with Gasteiger partial charge >= 0.3 is 11.9 Å². The smallest absolute Gasteiger partial charge is 0.309 e. The van der Waals surface area contributed by atoms with E-state index >= 15 is 0 Å². The van der Waals surface area contributed by atoms with Gasteiger partial charge in [0.25, 0.3) is 0 Å². The molecule has 2 saturated heterocycles. The Morgan fingerprint density at radius 3 is 0.977 bits per heavy atom. The second-order valence-corrected chi connectivity index (χ2v) is 16.4. The quantitative estimate of drug-likeness (QED) is 0.162. The molecule has 252 valence electrons. The maximum Gasteiger partial charge on any atom is 0.309 e. The van der Waals surface area contributed by atoms with Crippen molar-refractivity contribution in [1.82, 2.24) is 0 Å². The van der Waals surface area contributed by atoms with Crippen LogP contribution in [0.5, 0.6) is 0 Å². The molecule has 4 heteroatoms. The molecule has 0 aromatic carbocycles. The highest BCUT2D eigenvalue weighted by molar-refractivity contribution is 5.75. The van der Waals surface area contributed by atoms with Crippen LogP contribution in [0.15, 0.2) is 0 Å². The van der Waals surface area contributed by atoms with E-state index in [-0.39, 0.29) is 24.1 Å². The van der Waals surface area contributed by atoms with Gasteiger partial charge in [0.05, 0.1) is 12.8 Å². The van der Waals surface area contributed by atoms with Crippen LogP contribution in [0, 0.1) is 47.3 Å². The van der Waals surface area contributed by atoms with Crippen molar-refractivity contribution >= 4 is 11.9 Å². The number of esters is 2. The summed E-state index contributed by atoms with van der Waals surface area (Å²) in [4.78, 5) is 21.9. The summed E-state index contributed by atoms with van der Waals surface area (Å²) in [6, 6.07) is 0. The summed E-state index contributed by atoms with van der Waals surface area (Å²) < 4.78 is 10.6. The van der Waals surface area contributed by atoms with Gasteiger partial charge in [-0.3, -0.25) is 9.59 Å². The minimum absolute atomic E-state index is 0.0218. The molecule has 44 heavy (non-hydrogen) atoms. The van der Waals surface area contributed by atoms with E-state index in [4.69, 9.17) is 9.47 Å². The molecule has 0 spiro atoms. The summed E-state index contributed by atoms with van der Waals surface area (Å²) in [5, 5.41) is 0. The monoisotopic (exact) mass is 613 g/mol. The van der Waals surface area contributed by atoms with E-state index < -0.39 is 0 Å². The molecule has 6 rings (SSSR count). The second kappa shape index (κ2) is 17.7. The Morgan fingerprint density at radius 2 is 0.705 bits per heavy atom. The van der Waals surface area contributed by atoms with Gasteiger partial charge in [-0.25, -0.2) is 0 Å². The zero-order valence-electron chi connectivity index (χ0n) is 28.8. The number of cyclic esters (lactones) is 2. The third-order valence-electron chi connectivity index (χ3n) is 13.5. The molecule has 0 aromatic heterocycles. The fourth-order valence-corrected chi connectivity index (χ4v) is 10.4. The average molecular weight is 613 g/mol. The van der Waals surface area contributed by atoms with Crippen molar-refractivity contribution in [2.45, 2.75) is 193 Å². The van der Waals surface area contributed by atoms with Gasteiger partial charge in [0.2, 0.25) is 0 Å². The number of carbonyl (C=O) groups excluding carboxylic acids is 2. The molecule has 0 amide bonds. The molecule has 4 aliphatic carbocycles. The van der Waals surface area contributed by atoms with Crippen molar-refractivity contribution in [2.24, 2.45) is 47.3 Å². The number of rotatable bonds is 12. The van der Waals surface area contributed by atoms with Gasteiger partial charge in [-0.15, -0.1) is 0 Å². The van der Waals surface area contributed by atoms with Crippen molar-refractivity contribution in [1.29, 1.82) is 0 Å². The van der Waals surface area contributed by atoms with Crippen LogP contribution in [0.25, 0.3) is 0 Å². The fourth-order valence-electron chi connectivity index (χ4n) is 10.4.